The molecule has 1 heterocycles. The summed E-state index contributed by atoms with van der Waals surface area (Å²) in [6.45, 7) is 3.98. The van der Waals surface area contributed by atoms with Crippen molar-refractivity contribution in [2.75, 3.05) is 5.32 Å². The molecule has 3 rings (SSSR count). The lowest BCUT2D eigenvalue weighted by molar-refractivity contribution is -0.118. The van der Waals surface area contributed by atoms with E-state index in [0.29, 0.717) is 5.13 Å². The molecule has 3 nitrogen and oxygen atoms in total. The Balaban J connectivity index is 1.81. The number of aryl methyl sites for hydroxylation is 2. The Labute approximate surface area is 116 Å². The quantitative estimate of drug-likeness (QED) is 0.930. The minimum atomic E-state index is -0.325. The number of anilines is 1. The Morgan fingerprint density at radius 1 is 1.26 bits per heavy atom. The maximum atomic E-state index is 12.5. The molecule has 0 radical (unpaired) electrons. The third kappa shape index (κ3) is 2.16. The second-order valence-corrected chi connectivity index (χ2v) is 6.27. The first-order chi connectivity index (χ1) is 9.12. The molecule has 4 heteroatoms. The second kappa shape index (κ2) is 4.46. The second-order valence-electron chi connectivity index (χ2n) is 5.06. The first-order valence-electron chi connectivity index (χ1n) is 6.43. The molecule has 0 bridgehead atoms. The van der Waals surface area contributed by atoms with Crippen LogP contribution in [-0.2, 0) is 10.2 Å². The summed E-state index contributed by atoms with van der Waals surface area (Å²) in [5.41, 5.74) is 1.77. The van der Waals surface area contributed by atoms with Gasteiger partial charge in [0.2, 0.25) is 5.91 Å². The number of benzene rings is 1. The summed E-state index contributed by atoms with van der Waals surface area (Å²) >= 11 is 1.54. The average Bonchev–Trinajstić information content (AvgIpc) is 3.15. The zero-order valence-electron chi connectivity index (χ0n) is 11.1. The van der Waals surface area contributed by atoms with Crippen molar-refractivity contribution in [1.82, 2.24) is 4.98 Å². The van der Waals surface area contributed by atoms with E-state index in [4.69, 9.17) is 0 Å². The van der Waals surface area contributed by atoms with Gasteiger partial charge < -0.3 is 5.32 Å². The fourth-order valence-electron chi connectivity index (χ4n) is 2.27. The van der Waals surface area contributed by atoms with Crippen molar-refractivity contribution in [2.24, 2.45) is 0 Å². The van der Waals surface area contributed by atoms with E-state index in [-0.39, 0.29) is 11.3 Å². The van der Waals surface area contributed by atoms with Gasteiger partial charge in [-0.15, -0.1) is 11.3 Å². The first-order valence-corrected chi connectivity index (χ1v) is 7.24. The summed E-state index contributed by atoms with van der Waals surface area (Å²) in [6, 6.07) is 10.0. The van der Waals surface area contributed by atoms with Crippen LogP contribution < -0.4 is 5.32 Å². The topological polar surface area (TPSA) is 42.0 Å². The summed E-state index contributed by atoms with van der Waals surface area (Å²) < 4.78 is 0. The van der Waals surface area contributed by atoms with Gasteiger partial charge in [0.05, 0.1) is 11.1 Å². The fraction of sp³-hybridized carbons (Fsp3) is 0.333. The molecule has 1 saturated carbocycles. The molecular formula is C15H16N2OS. The van der Waals surface area contributed by atoms with E-state index >= 15 is 0 Å². The molecule has 1 aromatic carbocycles. The van der Waals surface area contributed by atoms with Gasteiger partial charge >= 0.3 is 0 Å². The van der Waals surface area contributed by atoms with Crippen LogP contribution in [0.4, 0.5) is 5.13 Å². The molecule has 0 atom stereocenters. The lowest BCUT2D eigenvalue weighted by atomic mass is 9.95. The molecule has 0 unspecified atom stereocenters. The first kappa shape index (κ1) is 12.4. The number of hydrogen-bond donors (Lipinski definition) is 1. The molecule has 1 aliphatic rings. The van der Waals surface area contributed by atoms with Crippen LogP contribution in [0.25, 0.3) is 0 Å². The monoisotopic (exact) mass is 272 g/mol. The summed E-state index contributed by atoms with van der Waals surface area (Å²) in [7, 11) is 0. The molecule has 0 saturated heterocycles. The summed E-state index contributed by atoms with van der Waals surface area (Å²) in [6.07, 6.45) is 1.85. The van der Waals surface area contributed by atoms with Crippen molar-refractivity contribution >= 4 is 22.4 Å². The molecule has 98 valence electrons. The van der Waals surface area contributed by atoms with Crippen molar-refractivity contribution in [1.29, 1.82) is 0 Å². The summed E-state index contributed by atoms with van der Waals surface area (Å²) in [5, 5.41) is 3.68. The van der Waals surface area contributed by atoms with E-state index in [9.17, 15) is 4.79 Å². The number of rotatable bonds is 3. The molecule has 1 N–H and O–H groups in total. The molecule has 2 aromatic rings. The van der Waals surface area contributed by atoms with Crippen molar-refractivity contribution in [2.45, 2.75) is 32.1 Å². The van der Waals surface area contributed by atoms with E-state index in [1.807, 2.05) is 44.2 Å². The normalized spacial score (nSPS) is 16.1. The van der Waals surface area contributed by atoms with Gasteiger partial charge in [-0.1, -0.05) is 30.3 Å². The van der Waals surface area contributed by atoms with Gasteiger partial charge in [-0.2, -0.15) is 0 Å². The van der Waals surface area contributed by atoms with Crippen LogP contribution in [0.3, 0.4) is 0 Å². The number of amides is 1. The lowest BCUT2D eigenvalue weighted by Crippen LogP contribution is -2.27. The van der Waals surface area contributed by atoms with Crippen LogP contribution in [0, 0.1) is 13.8 Å². The van der Waals surface area contributed by atoms with Gasteiger partial charge in [-0.25, -0.2) is 4.98 Å². The molecule has 1 amide bonds. The maximum Gasteiger partial charge on any atom is 0.236 e. The summed E-state index contributed by atoms with van der Waals surface area (Å²) in [4.78, 5) is 18.0. The molecular weight excluding hydrogens is 256 g/mol. The number of thiazole rings is 1. The minimum absolute atomic E-state index is 0.0763. The Hall–Kier alpha value is -1.68. The molecule has 0 spiro atoms. The highest BCUT2D eigenvalue weighted by atomic mass is 32.1. The Morgan fingerprint density at radius 3 is 2.47 bits per heavy atom. The van der Waals surface area contributed by atoms with Crippen LogP contribution >= 0.6 is 11.3 Å². The van der Waals surface area contributed by atoms with Crippen LogP contribution in [0.5, 0.6) is 0 Å². The molecule has 1 fully saturated rings. The predicted molar refractivity (Wildman–Crippen MR) is 77.6 cm³/mol. The van der Waals surface area contributed by atoms with Crippen LogP contribution in [-0.4, -0.2) is 10.9 Å². The Morgan fingerprint density at radius 2 is 1.95 bits per heavy atom. The standard InChI is InChI=1S/C15H16N2OS/c1-10-11(2)19-14(16-10)17-13(18)15(8-9-15)12-6-4-3-5-7-12/h3-7H,8-9H2,1-2H3,(H,16,17,18). The van der Waals surface area contributed by atoms with Gasteiger partial charge in [0.25, 0.3) is 0 Å². The van der Waals surface area contributed by atoms with Gasteiger partial charge in [0, 0.05) is 4.88 Å². The predicted octanol–water partition coefficient (Wildman–Crippen LogP) is 3.43. The zero-order chi connectivity index (χ0) is 13.5. The lowest BCUT2D eigenvalue weighted by Gasteiger charge is -2.14. The van der Waals surface area contributed by atoms with Crippen molar-refractivity contribution < 1.29 is 4.79 Å². The molecule has 0 aliphatic heterocycles. The van der Waals surface area contributed by atoms with Gasteiger partial charge in [0.1, 0.15) is 0 Å². The van der Waals surface area contributed by atoms with Crippen molar-refractivity contribution in [3.05, 3.63) is 46.5 Å². The van der Waals surface area contributed by atoms with E-state index in [0.717, 1.165) is 29.0 Å². The van der Waals surface area contributed by atoms with E-state index in [2.05, 4.69) is 10.3 Å². The van der Waals surface area contributed by atoms with Gasteiger partial charge in [0.15, 0.2) is 5.13 Å². The van der Waals surface area contributed by atoms with E-state index < -0.39 is 0 Å². The van der Waals surface area contributed by atoms with Crippen LogP contribution in [0.2, 0.25) is 0 Å². The van der Waals surface area contributed by atoms with E-state index in [1.165, 1.54) is 11.3 Å². The minimum Gasteiger partial charge on any atom is -0.301 e. The van der Waals surface area contributed by atoms with Crippen molar-refractivity contribution in [3.63, 3.8) is 0 Å². The smallest absolute Gasteiger partial charge is 0.236 e. The maximum absolute atomic E-state index is 12.5. The highest BCUT2D eigenvalue weighted by Crippen LogP contribution is 2.49. The Bertz CT molecular complexity index is 595. The number of aromatic nitrogens is 1. The zero-order valence-corrected chi connectivity index (χ0v) is 11.9. The number of nitrogens with zero attached hydrogens (tertiary/aromatic N) is 1. The summed E-state index contributed by atoms with van der Waals surface area (Å²) in [5.74, 6) is 0.0763. The molecule has 1 aliphatic carbocycles. The third-order valence-electron chi connectivity index (χ3n) is 3.76. The Kier molecular flexibility index (Phi) is 2.90. The third-order valence-corrected chi connectivity index (χ3v) is 4.75. The number of hydrogen-bond acceptors (Lipinski definition) is 3. The number of carbonyl (C=O) groups excluding carboxylic acids is 1. The van der Waals surface area contributed by atoms with Gasteiger partial charge in [-0.3, -0.25) is 4.79 Å². The fourth-order valence-corrected chi connectivity index (χ4v) is 3.08. The number of nitrogens with one attached hydrogen (secondary N) is 1. The van der Waals surface area contributed by atoms with Gasteiger partial charge in [-0.05, 0) is 32.3 Å². The molecule has 19 heavy (non-hydrogen) atoms. The average molecular weight is 272 g/mol. The van der Waals surface area contributed by atoms with Crippen LogP contribution in [0.1, 0.15) is 29.0 Å². The number of carbonyl (C=O) groups is 1. The largest absolute Gasteiger partial charge is 0.301 e. The highest BCUT2D eigenvalue weighted by Gasteiger charge is 2.51. The SMILES string of the molecule is Cc1nc(NC(=O)C2(c3ccccc3)CC2)sc1C. The van der Waals surface area contributed by atoms with Crippen LogP contribution in [0.15, 0.2) is 30.3 Å². The molecule has 1 aromatic heterocycles. The highest BCUT2D eigenvalue weighted by molar-refractivity contribution is 7.15. The van der Waals surface area contributed by atoms with Crippen molar-refractivity contribution in [3.8, 4) is 0 Å². The van der Waals surface area contributed by atoms with E-state index in [1.54, 1.807) is 0 Å².